The van der Waals surface area contributed by atoms with Gasteiger partial charge < -0.3 is 9.88 Å². The van der Waals surface area contributed by atoms with E-state index in [0.717, 1.165) is 11.3 Å². The molecule has 0 unspecified atom stereocenters. The van der Waals surface area contributed by atoms with Gasteiger partial charge in [-0.25, -0.2) is 9.97 Å². The Labute approximate surface area is 115 Å². The Bertz CT molecular complexity index is 640. The largest absolute Gasteiger partial charge is 0.357 e. The first kappa shape index (κ1) is 13.5. The molecule has 0 bridgehead atoms. The molecule has 0 atom stereocenters. The van der Waals surface area contributed by atoms with Crippen molar-refractivity contribution in [1.82, 2.24) is 19.5 Å². The average molecular weight is 279 g/mol. The van der Waals surface area contributed by atoms with Crippen molar-refractivity contribution >= 4 is 18.2 Å². The zero-order valence-electron chi connectivity index (χ0n) is 10.7. The van der Waals surface area contributed by atoms with Crippen molar-refractivity contribution in [2.45, 2.75) is 19.9 Å². The zero-order chi connectivity index (χ0) is 13.8. The van der Waals surface area contributed by atoms with Gasteiger partial charge in [-0.2, -0.15) is 9.37 Å². The van der Waals surface area contributed by atoms with E-state index in [1.165, 1.54) is 6.07 Å². The lowest BCUT2D eigenvalue weighted by Crippen LogP contribution is -2.10. The SMILES string of the molecule is CCc1nc(F)ccc1Cn1cnc(NC)nc1=S. The van der Waals surface area contributed by atoms with Crippen LogP contribution in [0.5, 0.6) is 0 Å². The topological polar surface area (TPSA) is 55.6 Å². The molecular weight excluding hydrogens is 265 g/mol. The van der Waals surface area contributed by atoms with Crippen LogP contribution in [0.2, 0.25) is 0 Å². The number of hydrogen-bond donors (Lipinski definition) is 1. The number of hydrogen-bond acceptors (Lipinski definition) is 5. The molecule has 0 spiro atoms. The Morgan fingerprint density at radius 3 is 2.79 bits per heavy atom. The number of halogens is 1. The zero-order valence-corrected chi connectivity index (χ0v) is 11.5. The minimum Gasteiger partial charge on any atom is -0.357 e. The maximum absolute atomic E-state index is 13.1. The lowest BCUT2D eigenvalue weighted by atomic mass is 10.1. The van der Waals surface area contributed by atoms with Crippen molar-refractivity contribution in [1.29, 1.82) is 0 Å². The molecule has 2 heterocycles. The number of aryl methyl sites for hydroxylation is 1. The highest BCUT2D eigenvalue weighted by atomic mass is 32.1. The molecule has 0 saturated heterocycles. The van der Waals surface area contributed by atoms with Gasteiger partial charge in [0.2, 0.25) is 16.7 Å². The maximum atomic E-state index is 13.1. The van der Waals surface area contributed by atoms with E-state index in [-0.39, 0.29) is 0 Å². The second kappa shape index (κ2) is 5.83. The summed E-state index contributed by atoms with van der Waals surface area (Å²) in [5.74, 6) is 0.0140. The molecule has 0 radical (unpaired) electrons. The third kappa shape index (κ3) is 3.11. The minimum absolute atomic E-state index is 0.422. The Morgan fingerprint density at radius 2 is 2.16 bits per heavy atom. The van der Waals surface area contributed by atoms with E-state index in [1.807, 2.05) is 6.92 Å². The number of nitrogens with one attached hydrogen (secondary N) is 1. The number of nitrogens with zero attached hydrogens (tertiary/aromatic N) is 4. The summed E-state index contributed by atoms with van der Waals surface area (Å²) in [6.07, 6.45) is 2.28. The van der Waals surface area contributed by atoms with Gasteiger partial charge in [-0.1, -0.05) is 13.0 Å². The fraction of sp³-hybridized carbons (Fsp3) is 0.333. The molecular formula is C12H14FN5S. The summed E-state index contributed by atoms with van der Waals surface area (Å²) in [5.41, 5.74) is 1.64. The third-order valence-electron chi connectivity index (χ3n) is 2.70. The first-order valence-electron chi connectivity index (χ1n) is 5.89. The number of rotatable bonds is 4. The summed E-state index contributed by atoms with van der Waals surface area (Å²) in [7, 11) is 1.73. The molecule has 2 rings (SSSR count). The molecule has 5 nitrogen and oxygen atoms in total. The summed E-state index contributed by atoms with van der Waals surface area (Å²) in [5, 5.41) is 2.82. The Morgan fingerprint density at radius 1 is 1.37 bits per heavy atom. The van der Waals surface area contributed by atoms with Crippen LogP contribution < -0.4 is 5.32 Å². The van der Waals surface area contributed by atoms with Crippen LogP contribution in [0.4, 0.5) is 10.3 Å². The average Bonchev–Trinajstić information content (AvgIpc) is 2.42. The molecule has 1 N–H and O–H groups in total. The highest BCUT2D eigenvalue weighted by Gasteiger charge is 2.06. The molecule has 0 aliphatic heterocycles. The Kier molecular flexibility index (Phi) is 4.16. The van der Waals surface area contributed by atoms with Crippen molar-refractivity contribution in [2.24, 2.45) is 0 Å². The maximum Gasteiger partial charge on any atom is 0.226 e. The molecule has 100 valence electrons. The highest BCUT2D eigenvalue weighted by molar-refractivity contribution is 7.71. The molecule has 0 aromatic carbocycles. The van der Waals surface area contributed by atoms with Gasteiger partial charge in [-0.05, 0) is 30.3 Å². The molecule has 0 aliphatic rings. The summed E-state index contributed by atoms with van der Waals surface area (Å²) in [6, 6.07) is 3.07. The molecule has 0 saturated carbocycles. The van der Waals surface area contributed by atoms with Crippen molar-refractivity contribution < 1.29 is 4.39 Å². The summed E-state index contributed by atoms with van der Waals surface area (Å²) >= 11 is 5.19. The Balaban J connectivity index is 2.33. The molecule has 19 heavy (non-hydrogen) atoms. The smallest absolute Gasteiger partial charge is 0.226 e. The normalized spacial score (nSPS) is 10.5. The van der Waals surface area contributed by atoms with E-state index in [2.05, 4.69) is 20.3 Å². The Hall–Kier alpha value is -1.89. The van der Waals surface area contributed by atoms with Gasteiger partial charge in [0.25, 0.3) is 0 Å². The summed E-state index contributed by atoms with van der Waals surface area (Å²) in [6.45, 7) is 2.42. The lowest BCUT2D eigenvalue weighted by Gasteiger charge is -2.10. The quantitative estimate of drug-likeness (QED) is 0.687. The van der Waals surface area contributed by atoms with Gasteiger partial charge in [0, 0.05) is 12.7 Å². The first-order valence-corrected chi connectivity index (χ1v) is 6.30. The van der Waals surface area contributed by atoms with E-state index in [0.29, 0.717) is 23.7 Å². The fourth-order valence-corrected chi connectivity index (χ4v) is 1.92. The first-order chi connectivity index (χ1) is 9.13. The second-order valence-electron chi connectivity index (χ2n) is 3.93. The van der Waals surface area contributed by atoms with Gasteiger partial charge >= 0.3 is 0 Å². The van der Waals surface area contributed by atoms with Gasteiger partial charge in [0.05, 0.1) is 6.54 Å². The molecule has 0 aliphatic carbocycles. The summed E-state index contributed by atoms with van der Waals surface area (Å²) < 4.78 is 15.2. The molecule has 0 fully saturated rings. The van der Waals surface area contributed by atoms with E-state index in [4.69, 9.17) is 12.2 Å². The van der Waals surface area contributed by atoms with Gasteiger partial charge in [0.1, 0.15) is 6.33 Å². The lowest BCUT2D eigenvalue weighted by molar-refractivity contribution is 0.573. The molecule has 2 aromatic rings. The standard InChI is InChI=1S/C12H14FN5S/c1-3-9-8(4-5-10(13)16-9)6-18-7-15-11(14-2)17-12(18)19/h4-5,7H,3,6H2,1-2H3,(H,14,17,19). The second-order valence-corrected chi connectivity index (χ2v) is 4.30. The number of anilines is 1. The van der Waals surface area contributed by atoms with Crippen LogP contribution in [0, 0.1) is 10.7 Å². The van der Waals surface area contributed by atoms with Crippen molar-refractivity contribution in [3.05, 3.63) is 40.4 Å². The van der Waals surface area contributed by atoms with E-state index >= 15 is 0 Å². The number of pyridine rings is 1. The monoisotopic (exact) mass is 279 g/mol. The predicted octanol–water partition coefficient (Wildman–Crippen LogP) is 2.19. The van der Waals surface area contributed by atoms with Gasteiger partial charge in [0.15, 0.2) is 0 Å². The predicted molar refractivity (Wildman–Crippen MR) is 73.1 cm³/mol. The van der Waals surface area contributed by atoms with Crippen LogP contribution in [0.3, 0.4) is 0 Å². The van der Waals surface area contributed by atoms with E-state index < -0.39 is 5.95 Å². The molecule has 7 heteroatoms. The minimum atomic E-state index is -0.467. The third-order valence-corrected chi connectivity index (χ3v) is 3.03. The molecule has 0 amide bonds. The van der Waals surface area contributed by atoms with Crippen LogP contribution in [-0.4, -0.2) is 26.6 Å². The van der Waals surface area contributed by atoms with E-state index in [9.17, 15) is 4.39 Å². The van der Waals surface area contributed by atoms with Crippen LogP contribution in [0.15, 0.2) is 18.5 Å². The van der Waals surface area contributed by atoms with Crippen LogP contribution in [0.25, 0.3) is 0 Å². The van der Waals surface area contributed by atoms with Gasteiger partial charge in [-0.15, -0.1) is 0 Å². The van der Waals surface area contributed by atoms with Crippen molar-refractivity contribution in [3.8, 4) is 0 Å². The highest BCUT2D eigenvalue weighted by Crippen LogP contribution is 2.10. The van der Waals surface area contributed by atoms with Crippen molar-refractivity contribution in [3.63, 3.8) is 0 Å². The van der Waals surface area contributed by atoms with Crippen LogP contribution in [0.1, 0.15) is 18.2 Å². The van der Waals surface area contributed by atoms with Crippen LogP contribution in [-0.2, 0) is 13.0 Å². The molecule has 2 aromatic heterocycles. The van der Waals surface area contributed by atoms with Crippen LogP contribution >= 0.6 is 12.2 Å². The fourth-order valence-electron chi connectivity index (χ4n) is 1.72. The van der Waals surface area contributed by atoms with Gasteiger partial charge in [-0.3, -0.25) is 0 Å². The van der Waals surface area contributed by atoms with Crippen molar-refractivity contribution in [2.75, 3.05) is 12.4 Å². The van der Waals surface area contributed by atoms with E-state index in [1.54, 1.807) is 24.0 Å². The summed E-state index contributed by atoms with van der Waals surface area (Å²) in [4.78, 5) is 12.1. The number of aromatic nitrogens is 4.